The van der Waals surface area contributed by atoms with E-state index in [1.807, 2.05) is 6.07 Å². The van der Waals surface area contributed by atoms with Crippen molar-refractivity contribution in [1.29, 1.82) is 5.26 Å². The van der Waals surface area contributed by atoms with Crippen LogP contribution in [-0.4, -0.2) is 11.5 Å². The van der Waals surface area contributed by atoms with Crippen molar-refractivity contribution in [3.8, 4) is 6.07 Å². The highest BCUT2D eigenvalue weighted by Gasteiger charge is 2.13. The van der Waals surface area contributed by atoms with Crippen LogP contribution in [0.3, 0.4) is 0 Å². The molecule has 0 aliphatic carbocycles. The van der Waals surface area contributed by atoms with Crippen LogP contribution in [0.5, 0.6) is 0 Å². The van der Waals surface area contributed by atoms with Gasteiger partial charge < -0.3 is 4.42 Å². The quantitative estimate of drug-likeness (QED) is 0.408. The minimum Gasteiger partial charge on any atom is -0.461 e. The second-order valence-corrected chi connectivity index (χ2v) is 5.80. The number of allylic oxidation sites excluding steroid dienone is 1. The van der Waals surface area contributed by atoms with Crippen LogP contribution in [0.2, 0.25) is 5.02 Å². The number of thioether (sulfide) groups is 1. The average Bonchev–Trinajstić information content (AvgIpc) is 2.98. The summed E-state index contributed by atoms with van der Waals surface area (Å²) in [5, 5.41) is 9.63. The Labute approximate surface area is 140 Å². The zero-order valence-corrected chi connectivity index (χ0v) is 13.2. The second-order valence-electron chi connectivity index (χ2n) is 4.38. The Hall–Kier alpha value is -2.10. The van der Waals surface area contributed by atoms with E-state index >= 15 is 0 Å². The van der Waals surface area contributed by atoms with Crippen molar-refractivity contribution in [2.45, 2.75) is 11.5 Å². The van der Waals surface area contributed by atoms with Crippen molar-refractivity contribution in [3.63, 3.8) is 0 Å². The molecule has 0 spiro atoms. The lowest BCUT2D eigenvalue weighted by molar-refractivity contribution is 0.104. The number of nitriles is 1. The van der Waals surface area contributed by atoms with Crippen LogP contribution >= 0.6 is 23.4 Å². The van der Waals surface area contributed by atoms with Crippen molar-refractivity contribution in [3.05, 3.63) is 64.1 Å². The monoisotopic (exact) mass is 353 g/mol. The fourth-order valence-corrected chi connectivity index (χ4v) is 2.31. The summed E-state index contributed by atoms with van der Waals surface area (Å²) in [4.78, 5) is 12.2. The van der Waals surface area contributed by atoms with Gasteiger partial charge in [-0.1, -0.05) is 23.4 Å². The predicted octanol–water partition coefficient (Wildman–Crippen LogP) is 5.18. The lowest BCUT2D eigenvalue weighted by Gasteiger charge is -1.99. The molecule has 0 radical (unpaired) electrons. The van der Waals surface area contributed by atoms with Crippen molar-refractivity contribution >= 4 is 35.2 Å². The summed E-state index contributed by atoms with van der Waals surface area (Å²) in [5.41, 5.74) is 0.206. The molecule has 1 aromatic heterocycles. The standard InChI is InChI=1S/C16H10ClF2NO2S/c17-12-3-1-10(2-4-12)15(21)11(8-20)7-13-5-6-14(22-13)9-23-16(18)19/h1-7,16H,9H2/b11-7+. The van der Waals surface area contributed by atoms with E-state index in [0.717, 1.165) is 0 Å². The van der Waals surface area contributed by atoms with Crippen molar-refractivity contribution in [2.75, 3.05) is 0 Å². The third-order valence-electron chi connectivity index (χ3n) is 2.79. The van der Waals surface area contributed by atoms with Crippen LogP contribution in [0.15, 0.2) is 46.4 Å². The van der Waals surface area contributed by atoms with E-state index in [2.05, 4.69) is 0 Å². The largest absolute Gasteiger partial charge is 0.461 e. The smallest absolute Gasteiger partial charge is 0.284 e. The Morgan fingerprint density at radius 2 is 2.00 bits per heavy atom. The van der Waals surface area contributed by atoms with Gasteiger partial charge in [-0.25, -0.2) is 0 Å². The van der Waals surface area contributed by atoms with Gasteiger partial charge in [0.25, 0.3) is 5.76 Å². The SMILES string of the molecule is N#C/C(=C\c1ccc(CSC(F)F)o1)C(=O)c1ccc(Cl)cc1. The highest BCUT2D eigenvalue weighted by molar-refractivity contribution is 7.98. The molecule has 0 bridgehead atoms. The van der Waals surface area contributed by atoms with Crippen molar-refractivity contribution in [2.24, 2.45) is 0 Å². The molecule has 2 rings (SSSR count). The Morgan fingerprint density at radius 3 is 2.61 bits per heavy atom. The summed E-state index contributed by atoms with van der Waals surface area (Å²) in [6.07, 6.45) is 1.29. The predicted molar refractivity (Wildman–Crippen MR) is 85.4 cm³/mol. The van der Waals surface area contributed by atoms with Gasteiger partial charge in [0, 0.05) is 16.7 Å². The van der Waals surface area contributed by atoms with Gasteiger partial charge in [0.15, 0.2) is 0 Å². The Balaban J connectivity index is 2.17. The first-order chi connectivity index (χ1) is 11.0. The lowest BCUT2D eigenvalue weighted by atomic mass is 10.0. The van der Waals surface area contributed by atoms with Gasteiger partial charge in [-0.2, -0.15) is 14.0 Å². The molecule has 3 nitrogen and oxygen atoms in total. The molecule has 0 amide bonds. The molecule has 1 heterocycles. The number of carbonyl (C=O) groups excluding carboxylic acids is 1. The van der Waals surface area contributed by atoms with E-state index < -0.39 is 11.5 Å². The second kappa shape index (κ2) is 7.95. The number of halogens is 3. The molecule has 0 N–H and O–H groups in total. The summed E-state index contributed by atoms with van der Waals surface area (Å²) < 4.78 is 29.6. The number of ketones is 1. The van der Waals surface area contributed by atoms with Crippen LogP contribution in [0.25, 0.3) is 6.08 Å². The number of Topliss-reactive ketones (excluding diaryl/α,β-unsaturated/α-hetero) is 1. The summed E-state index contributed by atoms with van der Waals surface area (Å²) in [7, 11) is 0. The maximum absolute atomic E-state index is 12.2. The van der Waals surface area contributed by atoms with Gasteiger partial charge in [-0.3, -0.25) is 4.79 Å². The number of rotatable bonds is 6. The molecule has 0 fully saturated rings. The van der Waals surface area contributed by atoms with Crippen molar-refractivity contribution < 1.29 is 18.0 Å². The maximum Gasteiger partial charge on any atom is 0.284 e. The van der Waals surface area contributed by atoms with Crippen LogP contribution in [-0.2, 0) is 5.75 Å². The van der Waals surface area contributed by atoms with E-state index in [0.29, 0.717) is 28.1 Å². The van der Waals surface area contributed by atoms with Gasteiger partial charge in [-0.15, -0.1) is 0 Å². The lowest BCUT2D eigenvalue weighted by Crippen LogP contribution is -2.01. The molecule has 7 heteroatoms. The maximum atomic E-state index is 12.2. The molecule has 23 heavy (non-hydrogen) atoms. The molecular formula is C16H10ClF2NO2S. The third-order valence-corrected chi connectivity index (χ3v) is 3.75. The van der Waals surface area contributed by atoms with Crippen LogP contribution in [0, 0.1) is 11.3 Å². The number of alkyl halides is 2. The average molecular weight is 354 g/mol. The number of furan rings is 1. The molecule has 0 saturated carbocycles. The molecule has 1 aromatic carbocycles. The molecule has 0 saturated heterocycles. The Kier molecular flexibility index (Phi) is 5.97. The fraction of sp³-hybridized carbons (Fsp3) is 0.125. The van der Waals surface area contributed by atoms with Crippen LogP contribution < -0.4 is 0 Å². The first-order valence-electron chi connectivity index (χ1n) is 6.40. The summed E-state index contributed by atoms with van der Waals surface area (Å²) in [6, 6.07) is 11.0. The van der Waals surface area contributed by atoms with Gasteiger partial charge in [0.05, 0.1) is 5.75 Å². The minimum atomic E-state index is -2.49. The molecule has 118 valence electrons. The summed E-state index contributed by atoms with van der Waals surface area (Å²) in [5.74, 6) is -2.34. The number of hydrogen-bond donors (Lipinski definition) is 0. The highest BCUT2D eigenvalue weighted by Crippen LogP contribution is 2.22. The zero-order valence-electron chi connectivity index (χ0n) is 11.6. The van der Waals surface area contributed by atoms with Gasteiger partial charge in [0.1, 0.15) is 23.2 Å². The molecule has 0 atom stereocenters. The Bertz CT molecular complexity index is 763. The fourth-order valence-electron chi connectivity index (χ4n) is 1.74. The van der Waals surface area contributed by atoms with Gasteiger partial charge in [0.2, 0.25) is 5.78 Å². The molecule has 0 aliphatic heterocycles. The van der Waals surface area contributed by atoms with E-state index in [1.165, 1.54) is 30.3 Å². The zero-order chi connectivity index (χ0) is 16.8. The molecule has 2 aromatic rings. The number of nitrogens with zero attached hydrogens (tertiary/aromatic N) is 1. The number of carbonyl (C=O) groups is 1. The summed E-state index contributed by atoms with van der Waals surface area (Å²) >= 11 is 6.19. The van der Waals surface area contributed by atoms with Gasteiger partial charge >= 0.3 is 0 Å². The van der Waals surface area contributed by atoms with E-state index in [4.69, 9.17) is 21.3 Å². The molecular weight excluding hydrogens is 344 g/mol. The van der Waals surface area contributed by atoms with E-state index in [1.54, 1.807) is 12.1 Å². The first-order valence-corrected chi connectivity index (χ1v) is 7.83. The van der Waals surface area contributed by atoms with E-state index in [-0.39, 0.29) is 17.1 Å². The molecule has 0 aliphatic rings. The minimum absolute atomic E-state index is 0.0124. The topological polar surface area (TPSA) is 54.0 Å². The first kappa shape index (κ1) is 17.3. The molecule has 0 unspecified atom stereocenters. The Morgan fingerprint density at radius 1 is 1.30 bits per heavy atom. The highest BCUT2D eigenvalue weighted by atomic mass is 35.5. The normalized spacial score (nSPS) is 11.5. The van der Waals surface area contributed by atoms with Crippen LogP contribution in [0.1, 0.15) is 21.9 Å². The summed E-state index contributed by atoms with van der Waals surface area (Å²) in [6.45, 7) is 0. The van der Waals surface area contributed by atoms with Gasteiger partial charge in [-0.05, 0) is 36.4 Å². The number of hydrogen-bond acceptors (Lipinski definition) is 4. The van der Waals surface area contributed by atoms with E-state index in [9.17, 15) is 13.6 Å². The number of benzene rings is 1. The van der Waals surface area contributed by atoms with Crippen molar-refractivity contribution in [1.82, 2.24) is 0 Å². The van der Waals surface area contributed by atoms with Crippen LogP contribution in [0.4, 0.5) is 8.78 Å². The third kappa shape index (κ3) is 4.95.